The van der Waals surface area contributed by atoms with E-state index in [1.54, 1.807) is 19.0 Å². The van der Waals surface area contributed by atoms with Crippen molar-refractivity contribution in [2.45, 2.75) is 18.9 Å². The quantitative estimate of drug-likeness (QED) is 0.485. The molecule has 1 N–H and O–H groups in total. The van der Waals surface area contributed by atoms with E-state index < -0.39 is 0 Å². The van der Waals surface area contributed by atoms with Crippen LogP contribution in [-0.2, 0) is 6.42 Å². The van der Waals surface area contributed by atoms with Crippen LogP contribution in [-0.4, -0.2) is 86.5 Å². The fraction of sp³-hybridized carbons (Fsp3) is 0.524. The largest absolute Gasteiger partial charge is 0.356 e. The van der Waals surface area contributed by atoms with Gasteiger partial charge in [-0.05, 0) is 30.5 Å². The summed E-state index contributed by atoms with van der Waals surface area (Å²) in [6.45, 7) is 5.04. The van der Waals surface area contributed by atoms with E-state index in [1.165, 1.54) is 6.42 Å². The molecule has 2 aliphatic rings. The maximum absolute atomic E-state index is 12.1. The van der Waals surface area contributed by atoms with Gasteiger partial charge in [-0.15, -0.1) is 0 Å². The minimum Gasteiger partial charge on any atom is -0.356 e. The number of aliphatic imine (C=N–C) groups is 1. The van der Waals surface area contributed by atoms with Crippen LogP contribution in [0.5, 0.6) is 0 Å². The maximum atomic E-state index is 12.1. The van der Waals surface area contributed by atoms with Crippen molar-refractivity contribution in [3.63, 3.8) is 0 Å². The van der Waals surface area contributed by atoms with Crippen LogP contribution in [0.1, 0.15) is 22.3 Å². The Balaban J connectivity index is 1.49. The summed E-state index contributed by atoms with van der Waals surface area (Å²) in [6, 6.07) is 8.50. The van der Waals surface area contributed by atoms with E-state index in [0.29, 0.717) is 6.04 Å². The van der Waals surface area contributed by atoms with Gasteiger partial charge in [0.15, 0.2) is 5.96 Å². The molecule has 0 bridgehead atoms. The van der Waals surface area contributed by atoms with Gasteiger partial charge in [0.25, 0.3) is 5.91 Å². The first kappa shape index (κ1) is 19.4. The Bertz CT molecular complexity index is 704. The number of likely N-dealkylation sites (tertiary alicyclic amines) is 1. The molecule has 2 heterocycles. The molecule has 1 aromatic carbocycles. The van der Waals surface area contributed by atoms with Gasteiger partial charge in [-0.25, -0.2) is 0 Å². The monoisotopic (exact) mass is 369 g/mol. The minimum absolute atomic E-state index is 0.0418. The number of carbonyl (C=O) groups is 1. The number of benzene rings is 1. The molecule has 1 saturated heterocycles. The number of carbonyl (C=O) groups excluding carboxylic acids is 1. The van der Waals surface area contributed by atoms with Crippen molar-refractivity contribution in [2.75, 3.05) is 53.9 Å². The van der Waals surface area contributed by atoms with E-state index in [-0.39, 0.29) is 5.91 Å². The molecular weight excluding hydrogens is 338 g/mol. The molecule has 146 valence electrons. The first-order chi connectivity index (χ1) is 13.1. The van der Waals surface area contributed by atoms with Gasteiger partial charge in [0.1, 0.15) is 0 Å². The highest BCUT2D eigenvalue weighted by atomic mass is 16.2. The number of hydrogen-bond acceptors (Lipinski definition) is 3. The number of amides is 1. The summed E-state index contributed by atoms with van der Waals surface area (Å²) in [7, 11) is 5.41. The summed E-state index contributed by atoms with van der Waals surface area (Å²) in [5.74, 6) is 1.02. The third-order valence-electron chi connectivity index (χ3n) is 5.31. The molecule has 0 radical (unpaired) electrons. The number of hydrogen-bond donors (Lipinski definition) is 1. The lowest BCUT2D eigenvalue weighted by atomic mass is 10.1. The molecule has 1 atom stereocenters. The van der Waals surface area contributed by atoms with Crippen molar-refractivity contribution in [1.82, 2.24) is 20.0 Å². The topological polar surface area (TPSA) is 51.2 Å². The van der Waals surface area contributed by atoms with E-state index in [9.17, 15) is 4.79 Å². The highest BCUT2D eigenvalue weighted by Crippen LogP contribution is 2.18. The fourth-order valence-corrected chi connectivity index (χ4v) is 3.79. The van der Waals surface area contributed by atoms with Crippen LogP contribution in [0.3, 0.4) is 0 Å². The maximum Gasteiger partial charge on any atom is 0.253 e. The Hall–Kier alpha value is -2.34. The average molecular weight is 370 g/mol. The Morgan fingerprint density at radius 1 is 1.30 bits per heavy atom. The minimum atomic E-state index is 0.0418. The molecule has 1 amide bonds. The zero-order chi connectivity index (χ0) is 19.2. The number of nitrogens with zero attached hydrogens (tertiary/aromatic N) is 4. The molecule has 0 saturated carbocycles. The molecule has 2 aliphatic heterocycles. The number of nitrogens with one attached hydrogen (secondary N) is 1. The molecule has 0 aliphatic carbocycles. The zero-order valence-corrected chi connectivity index (χ0v) is 16.7. The molecule has 0 aromatic heterocycles. The molecule has 6 nitrogen and oxygen atoms in total. The summed E-state index contributed by atoms with van der Waals surface area (Å²) in [4.78, 5) is 23.1. The van der Waals surface area contributed by atoms with Crippen molar-refractivity contribution in [2.24, 2.45) is 4.99 Å². The molecule has 0 spiro atoms. The number of guanidine groups is 1. The number of rotatable bonds is 5. The van der Waals surface area contributed by atoms with Gasteiger partial charge in [-0.1, -0.05) is 24.3 Å². The van der Waals surface area contributed by atoms with Crippen molar-refractivity contribution in [3.05, 3.63) is 47.5 Å². The van der Waals surface area contributed by atoms with E-state index in [2.05, 4.69) is 38.3 Å². The van der Waals surface area contributed by atoms with Gasteiger partial charge in [0, 0.05) is 65.5 Å². The van der Waals surface area contributed by atoms with Gasteiger partial charge in [-0.2, -0.15) is 0 Å². The summed E-state index contributed by atoms with van der Waals surface area (Å²) >= 11 is 0. The van der Waals surface area contributed by atoms with Crippen LogP contribution in [0, 0.1) is 0 Å². The molecule has 3 rings (SSSR count). The van der Waals surface area contributed by atoms with Crippen LogP contribution in [0.15, 0.2) is 41.4 Å². The van der Waals surface area contributed by atoms with E-state index in [4.69, 9.17) is 0 Å². The third-order valence-corrected chi connectivity index (χ3v) is 5.31. The lowest BCUT2D eigenvalue weighted by Gasteiger charge is -2.25. The summed E-state index contributed by atoms with van der Waals surface area (Å²) in [5, 5.41) is 3.49. The lowest BCUT2D eigenvalue weighted by molar-refractivity contribution is 0.0827. The molecule has 1 unspecified atom stereocenters. The van der Waals surface area contributed by atoms with E-state index in [1.807, 2.05) is 25.2 Å². The Morgan fingerprint density at radius 2 is 2.07 bits per heavy atom. The van der Waals surface area contributed by atoms with Gasteiger partial charge in [0.05, 0.1) is 0 Å². The second kappa shape index (κ2) is 9.04. The third kappa shape index (κ3) is 4.89. The summed E-state index contributed by atoms with van der Waals surface area (Å²) in [5.41, 5.74) is 1.90. The van der Waals surface area contributed by atoms with Crippen LogP contribution in [0.25, 0.3) is 0 Å². The molecule has 1 aromatic rings. The summed E-state index contributed by atoms with van der Waals surface area (Å²) in [6.07, 6.45) is 6.56. The first-order valence-corrected chi connectivity index (χ1v) is 9.73. The van der Waals surface area contributed by atoms with Crippen molar-refractivity contribution < 1.29 is 4.79 Å². The average Bonchev–Trinajstić information content (AvgIpc) is 3.36. The smallest absolute Gasteiger partial charge is 0.253 e. The van der Waals surface area contributed by atoms with Crippen LogP contribution in [0.4, 0.5) is 0 Å². The van der Waals surface area contributed by atoms with Crippen LogP contribution >= 0.6 is 0 Å². The standard InChI is InChI=1S/C21H31N5O/c1-22-21(26-14-10-19(16-26)25-12-4-5-13-25)23-11-9-17-7-6-8-18(15-17)20(27)24(2)3/h4-8,15,19H,9-14,16H2,1-3H3,(H,22,23). The van der Waals surface area contributed by atoms with Crippen molar-refractivity contribution >= 4 is 11.9 Å². The Morgan fingerprint density at radius 3 is 2.78 bits per heavy atom. The molecule has 6 heteroatoms. The van der Waals surface area contributed by atoms with E-state index in [0.717, 1.165) is 56.2 Å². The van der Waals surface area contributed by atoms with Crippen molar-refractivity contribution in [3.8, 4) is 0 Å². The Kier molecular flexibility index (Phi) is 6.50. The van der Waals surface area contributed by atoms with Crippen molar-refractivity contribution in [1.29, 1.82) is 0 Å². The Labute approximate surface area is 162 Å². The molecule has 1 fully saturated rings. The summed E-state index contributed by atoms with van der Waals surface area (Å²) < 4.78 is 0. The van der Waals surface area contributed by atoms with Gasteiger partial charge in [0.2, 0.25) is 0 Å². The predicted molar refractivity (Wildman–Crippen MR) is 110 cm³/mol. The zero-order valence-electron chi connectivity index (χ0n) is 16.7. The van der Waals surface area contributed by atoms with Gasteiger partial charge >= 0.3 is 0 Å². The molecular formula is C21H31N5O. The highest BCUT2D eigenvalue weighted by Gasteiger charge is 2.29. The SMILES string of the molecule is CN=C(NCCc1cccc(C(=O)N(C)C)c1)N1CCC(N2CC=CC2)C1. The predicted octanol–water partition coefficient (Wildman–Crippen LogP) is 1.45. The van der Waals surface area contributed by atoms with Crippen LogP contribution in [0.2, 0.25) is 0 Å². The van der Waals surface area contributed by atoms with Gasteiger partial charge in [-0.3, -0.25) is 14.7 Å². The first-order valence-electron chi connectivity index (χ1n) is 9.73. The second-order valence-corrected chi connectivity index (χ2v) is 7.44. The van der Waals surface area contributed by atoms with Crippen LogP contribution < -0.4 is 5.32 Å². The second-order valence-electron chi connectivity index (χ2n) is 7.44. The normalized spacial score (nSPS) is 20.3. The fourth-order valence-electron chi connectivity index (χ4n) is 3.79. The van der Waals surface area contributed by atoms with Gasteiger partial charge < -0.3 is 15.1 Å². The lowest BCUT2D eigenvalue weighted by Crippen LogP contribution is -2.43. The molecule has 27 heavy (non-hydrogen) atoms. The van der Waals surface area contributed by atoms with E-state index >= 15 is 0 Å². The highest BCUT2D eigenvalue weighted by molar-refractivity contribution is 5.94.